The van der Waals surface area contributed by atoms with E-state index in [1.54, 1.807) is 12.1 Å². The minimum atomic E-state index is 0. The quantitative estimate of drug-likeness (QED) is 0.399. The van der Waals surface area contributed by atoms with Crippen LogP contribution in [0.5, 0.6) is 11.5 Å². The normalized spacial score (nSPS) is 12.6. The smallest absolute Gasteiger partial charge is 0.508 e. The Kier molecular flexibility index (Phi) is 18.1. The van der Waals surface area contributed by atoms with Gasteiger partial charge in [0, 0.05) is 0 Å². The summed E-state index contributed by atoms with van der Waals surface area (Å²) in [5.74, 6) is 0.806. The number of hydrogen-bond donors (Lipinski definition) is 2. The van der Waals surface area contributed by atoms with Crippen LogP contribution in [0.3, 0.4) is 0 Å². The number of hydrogen-bond acceptors (Lipinski definition) is 2. The summed E-state index contributed by atoms with van der Waals surface area (Å²) in [6.45, 7) is 8.35. The SMILES string of the molecule is CCC1=[C-]CC=C1.CCC1=[C-]CC=C1.CCc1ccccc1O.CCc1ccccc1O.[Zr+2]. The first-order valence-electron chi connectivity index (χ1n) is 11.6. The van der Waals surface area contributed by atoms with E-state index in [9.17, 15) is 0 Å². The van der Waals surface area contributed by atoms with Gasteiger partial charge in [0.15, 0.2) is 0 Å². The fourth-order valence-electron chi connectivity index (χ4n) is 3.01. The summed E-state index contributed by atoms with van der Waals surface area (Å²) in [4.78, 5) is 0. The van der Waals surface area contributed by atoms with Gasteiger partial charge in [-0.15, -0.1) is 12.8 Å². The Morgan fingerprint density at radius 3 is 1.15 bits per heavy atom. The van der Waals surface area contributed by atoms with E-state index in [2.05, 4.69) is 50.3 Å². The maximum Gasteiger partial charge on any atom is 2.00 e. The molecular formula is C30H38O2Zr. The second-order valence-electron chi connectivity index (χ2n) is 7.29. The molecule has 33 heavy (non-hydrogen) atoms. The fourth-order valence-corrected chi connectivity index (χ4v) is 3.01. The number of benzene rings is 2. The van der Waals surface area contributed by atoms with Crippen LogP contribution >= 0.6 is 0 Å². The van der Waals surface area contributed by atoms with Crippen molar-refractivity contribution in [2.75, 3.05) is 0 Å². The van der Waals surface area contributed by atoms with E-state index in [1.807, 2.05) is 50.2 Å². The van der Waals surface area contributed by atoms with Crippen molar-refractivity contribution in [2.45, 2.75) is 66.2 Å². The van der Waals surface area contributed by atoms with Crippen molar-refractivity contribution >= 4 is 0 Å². The molecule has 2 N–H and O–H groups in total. The molecule has 3 heteroatoms. The van der Waals surface area contributed by atoms with Crippen molar-refractivity contribution in [1.29, 1.82) is 0 Å². The second-order valence-corrected chi connectivity index (χ2v) is 7.29. The number of para-hydroxylation sites is 2. The zero-order valence-corrected chi connectivity index (χ0v) is 23.0. The number of aryl methyl sites for hydroxylation is 2. The first kappa shape index (κ1) is 30.9. The number of aromatic hydroxyl groups is 2. The zero-order valence-electron chi connectivity index (χ0n) is 20.6. The summed E-state index contributed by atoms with van der Waals surface area (Å²) in [5.41, 5.74) is 4.75. The number of rotatable bonds is 4. The molecule has 2 nitrogen and oxygen atoms in total. The summed E-state index contributed by atoms with van der Waals surface area (Å²) in [5, 5.41) is 18.2. The first-order valence-corrected chi connectivity index (χ1v) is 11.6. The van der Waals surface area contributed by atoms with E-state index >= 15 is 0 Å². The van der Waals surface area contributed by atoms with Crippen LogP contribution in [0.2, 0.25) is 0 Å². The average molecular weight is 522 g/mol. The molecule has 0 radical (unpaired) electrons. The standard InChI is InChI=1S/2C8H10O.2C7H9.Zr/c2*1-2-7-5-3-4-6-8(7)9;2*1-2-7-5-3-4-6-7;/h2*3-6,9H,2H2,1H3;2*3,5H,2,4H2,1H3;/q;;2*-1;+2. The molecule has 2 aliphatic rings. The van der Waals surface area contributed by atoms with Crippen LogP contribution in [0.4, 0.5) is 0 Å². The molecule has 0 saturated heterocycles. The first-order chi connectivity index (χ1) is 15.5. The maximum absolute atomic E-state index is 9.11. The van der Waals surface area contributed by atoms with Crippen molar-refractivity contribution < 1.29 is 36.4 Å². The predicted molar refractivity (Wildman–Crippen MR) is 137 cm³/mol. The van der Waals surface area contributed by atoms with Gasteiger partial charge in [-0.05, 0) is 36.1 Å². The van der Waals surface area contributed by atoms with Crippen molar-refractivity contribution in [3.63, 3.8) is 0 Å². The summed E-state index contributed by atoms with van der Waals surface area (Å²) in [6.07, 6.45) is 21.1. The summed E-state index contributed by atoms with van der Waals surface area (Å²) in [6, 6.07) is 14.8. The molecule has 174 valence electrons. The average Bonchev–Trinajstić information content (AvgIpc) is 3.55. The molecule has 0 spiro atoms. The van der Waals surface area contributed by atoms with Crippen molar-refractivity contribution in [3.05, 3.63) is 107 Å². The van der Waals surface area contributed by atoms with E-state index in [0.717, 1.165) is 49.7 Å². The van der Waals surface area contributed by atoms with Crippen molar-refractivity contribution in [1.82, 2.24) is 0 Å². The molecule has 0 aliphatic heterocycles. The molecule has 2 aromatic rings. The summed E-state index contributed by atoms with van der Waals surface area (Å²) < 4.78 is 0. The summed E-state index contributed by atoms with van der Waals surface area (Å²) in [7, 11) is 0. The van der Waals surface area contributed by atoms with Gasteiger partial charge in [0.25, 0.3) is 0 Å². The molecule has 0 fully saturated rings. The van der Waals surface area contributed by atoms with E-state index in [0.29, 0.717) is 11.5 Å². The van der Waals surface area contributed by atoms with Gasteiger partial charge in [-0.2, -0.15) is 12.2 Å². The summed E-state index contributed by atoms with van der Waals surface area (Å²) >= 11 is 0. The van der Waals surface area contributed by atoms with Gasteiger partial charge in [0.2, 0.25) is 0 Å². The molecule has 0 unspecified atom stereocenters. The van der Waals surface area contributed by atoms with Crippen LogP contribution in [0.25, 0.3) is 0 Å². The Balaban J connectivity index is 0.000000412. The maximum atomic E-state index is 9.11. The molecule has 4 rings (SSSR count). The van der Waals surface area contributed by atoms with Crippen molar-refractivity contribution in [2.24, 2.45) is 0 Å². The molecule has 0 amide bonds. The number of phenolic OH excluding ortho intramolecular Hbond substituents is 2. The van der Waals surface area contributed by atoms with Gasteiger partial charge in [0.1, 0.15) is 11.5 Å². The monoisotopic (exact) mass is 520 g/mol. The van der Waals surface area contributed by atoms with E-state index in [1.165, 1.54) is 11.1 Å². The van der Waals surface area contributed by atoms with Crippen LogP contribution in [-0.4, -0.2) is 10.2 Å². The van der Waals surface area contributed by atoms with Gasteiger partial charge < -0.3 is 10.2 Å². The van der Waals surface area contributed by atoms with E-state index in [4.69, 9.17) is 10.2 Å². The van der Waals surface area contributed by atoms with Gasteiger partial charge >= 0.3 is 26.2 Å². The molecule has 0 saturated carbocycles. The van der Waals surface area contributed by atoms with E-state index < -0.39 is 0 Å². The molecule has 0 aromatic heterocycles. The topological polar surface area (TPSA) is 40.5 Å². The zero-order chi connectivity index (χ0) is 23.6. The number of phenols is 2. The minimum Gasteiger partial charge on any atom is -0.508 e. The Bertz CT molecular complexity index is 832. The second kappa shape index (κ2) is 19.4. The van der Waals surface area contributed by atoms with Crippen LogP contribution in [0, 0.1) is 12.2 Å². The van der Waals surface area contributed by atoms with Crippen LogP contribution in [-0.2, 0) is 39.0 Å². The molecule has 0 atom stereocenters. The molecule has 2 aromatic carbocycles. The fraction of sp³-hybridized carbons (Fsp3) is 0.333. The Hall–Kier alpha value is -2.12. The van der Waals surface area contributed by atoms with Crippen LogP contribution < -0.4 is 0 Å². The Morgan fingerprint density at radius 2 is 0.970 bits per heavy atom. The van der Waals surface area contributed by atoms with Crippen molar-refractivity contribution in [3.8, 4) is 11.5 Å². The van der Waals surface area contributed by atoms with Crippen LogP contribution in [0.1, 0.15) is 64.5 Å². The minimum absolute atomic E-state index is 0. The predicted octanol–water partition coefficient (Wildman–Crippen LogP) is 8.08. The molecular weight excluding hydrogens is 484 g/mol. The third-order valence-corrected chi connectivity index (χ3v) is 5.04. The third-order valence-electron chi connectivity index (χ3n) is 5.04. The van der Waals surface area contributed by atoms with Gasteiger partial charge in [0.05, 0.1) is 0 Å². The molecule has 0 heterocycles. The van der Waals surface area contributed by atoms with Gasteiger partial charge in [-0.1, -0.05) is 76.9 Å². The van der Waals surface area contributed by atoms with Gasteiger partial charge in [-0.3, -0.25) is 12.2 Å². The Morgan fingerprint density at radius 1 is 0.606 bits per heavy atom. The molecule has 2 aliphatic carbocycles. The third kappa shape index (κ3) is 13.2. The number of allylic oxidation sites excluding steroid dienone is 8. The molecule has 0 bridgehead atoms. The van der Waals surface area contributed by atoms with Gasteiger partial charge in [-0.25, -0.2) is 23.3 Å². The largest absolute Gasteiger partial charge is 2.00 e. The van der Waals surface area contributed by atoms with E-state index in [-0.39, 0.29) is 26.2 Å². The Labute approximate surface area is 220 Å². The van der Waals surface area contributed by atoms with Crippen LogP contribution in [0.15, 0.2) is 84.0 Å².